The van der Waals surface area contributed by atoms with Crippen molar-refractivity contribution in [1.82, 2.24) is 0 Å². The van der Waals surface area contributed by atoms with Gasteiger partial charge in [0, 0.05) is 12.3 Å². The van der Waals surface area contributed by atoms with E-state index in [-0.39, 0.29) is 0 Å². The van der Waals surface area contributed by atoms with Crippen LogP contribution in [-0.2, 0) is 4.74 Å². The third-order valence-electron chi connectivity index (χ3n) is 2.40. The topological polar surface area (TPSA) is 49.8 Å². The molecule has 0 saturated carbocycles. The molecule has 1 amide bonds. The minimum absolute atomic E-state index is 0.364. The molecule has 0 aliphatic rings. The van der Waals surface area contributed by atoms with E-state index in [1.54, 1.807) is 12.1 Å². The van der Waals surface area contributed by atoms with E-state index in [1.165, 1.54) is 4.90 Å². The minimum Gasteiger partial charge on any atom is -0.465 e. The van der Waals surface area contributed by atoms with Crippen LogP contribution in [0.1, 0.15) is 19.8 Å². The zero-order valence-electron chi connectivity index (χ0n) is 10.1. The highest BCUT2D eigenvalue weighted by Gasteiger charge is 2.12. The van der Waals surface area contributed by atoms with Crippen molar-refractivity contribution >= 4 is 11.8 Å². The highest BCUT2D eigenvalue weighted by molar-refractivity contribution is 5.85. The maximum atomic E-state index is 11.1. The van der Waals surface area contributed by atoms with Gasteiger partial charge in [-0.15, -0.1) is 0 Å². The Morgan fingerprint density at radius 2 is 2.00 bits per heavy atom. The molecule has 17 heavy (non-hydrogen) atoms. The number of ether oxygens (including phenoxy) is 1. The van der Waals surface area contributed by atoms with Gasteiger partial charge in [0.2, 0.25) is 0 Å². The van der Waals surface area contributed by atoms with Gasteiger partial charge in [0.15, 0.2) is 0 Å². The SMILES string of the molecule is CCCCOCCN(C(=O)O)c1ccccc1. The summed E-state index contributed by atoms with van der Waals surface area (Å²) in [6, 6.07) is 9.06. The molecule has 1 aromatic rings. The molecule has 0 saturated heterocycles. The lowest BCUT2D eigenvalue weighted by molar-refractivity contribution is 0.135. The average molecular weight is 237 g/mol. The Morgan fingerprint density at radius 3 is 2.59 bits per heavy atom. The molecule has 1 N–H and O–H groups in total. The standard InChI is InChI=1S/C13H19NO3/c1-2-3-10-17-11-9-14(13(15)16)12-7-5-4-6-8-12/h4-8H,2-3,9-11H2,1H3,(H,15,16). The molecule has 0 unspecified atom stereocenters. The van der Waals surface area contributed by atoms with E-state index in [0.717, 1.165) is 12.8 Å². The fraction of sp³-hybridized carbons (Fsp3) is 0.462. The molecule has 4 nitrogen and oxygen atoms in total. The zero-order chi connectivity index (χ0) is 12.5. The van der Waals surface area contributed by atoms with Crippen LogP contribution in [0, 0.1) is 0 Å². The van der Waals surface area contributed by atoms with Crippen molar-refractivity contribution in [3.63, 3.8) is 0 Å². The van der Waals surface area contributed by atoms with Crippen LogP contribution >= 0.6 is 0 Å². The summed E-state index contributed by atoms with van der Waals surface area (Å²) >= 11 is 0. The van der Waals surface area contributed by atoms with Crippen molar-refractivity contribution < 1.29 is 14.6 Å². The van der Waals surface area contributed by atoms with Crippen molar-refractivity contribution in [1.29, 1.82) is 0 Å². The molecule has 94 valence electrons. The number of carbonyl (C=O) groups is 1. The Hall–Kier alpha value is -1.55. The third kappa shape index (κ3) is 4.87. The van der Waals surface area contributed by atoms with E-state index in [1.807, 2.05) is 18.2 Å². The predicted octanol–water partition coefficient (Wildman–Crippen LogP) is 2.99. The Kier molecular flexibility index (Phi) is 6.10. The van der Waals surface area contributed by atoms with Crippen molar-refractivity contribution in [3.05, 3.63) is 30.3 Å². The molecule has 0 bridgehead atoms. The minimum atomic E-state index is -0.949. The summed E-state index contributed by atoms with van der Waals surface area (Å²) in [5, 5.41) is 9.10. The van der Waals surface area contributed by atoms with Crippen molar-refractivity contribution in [3.8, 4) is 0 Å². The quantitative estimate of drug-likeness (QED) is 0.742. The van der Waals surface area contributed by atoms with Crippen LogP contribution in [0.4, 0.5) is 10.5 Å². The highest BCUT2D eigenvalue weighted by atomic mass is 16.5. The maximum absolute atomic E-state index is 11.1. The van der Waals surface area contributed by atoms with Crippen LogP contribution in [0.2, 0.25) is 0 Å². The van der Waals surface area contributed by atoms with Gasteiger partial charge in [-0.1, -0.05) is 31.5 Å². The number of rotatable bonds is 7. The van der Waals surface area contributed by atoms with Crippen LogP contribution in [0.5, 0.6) is 0 Å². The number of amides is 1. The fourth-order valence-corrected chi connectivity index (χ4v) is 1.45. The Balaban J connectivity index is 2.42. The Bertz CT molecular complexity index is 327. The van der Waals surface area contributed by atoms with Gasteiger partial charge in [0.25, 0.3) is 0 Å². The van der Waals surface area contributed by atoms with Gasteiger partial charge >= 0.3 is 6.09 Å². The molecular weight excluding hydrogens is 218 g/mol. The molecule has 0 aliphatic heterocycles. The second kappa shape index (κ2) is 7.68. The first-order valence-electron chi connectivity index (χ1n) is 5.89. The van der Waals surface area contributed by atoms with Crippen molar-refractivity contribution in [2.45, 2.75) is 19.8 Å². The van der Waals surface area contributed by atoms with E-state index >= 15 is 0 Å². The molecule has 0 aromatic heterocycles. The number of anilines is 1. The third-order valence-corrected chi connectivity index (χ3v) is 2.40. The van der Waals surface area contributed by atoms with E-state index in [0.29, 0.717) is 25.4 Å². The highest BCUT2D eigenvalue weighted by Crippen LogP contribution is 2.12. The molecule has 0 atom stereocenters. The van der Waals surface area contributed by atoms with Crippen LogP contribution in [0.3, 0.4) is 0 Å². The predicted molar refractivity (Wildman–Crippen MR) is 67.5 cm³/mol. The summed E-state index contributed by atoms with van der Waals surface area (Å²) in [5.41, 5.74) is 0.680. The largest absolute Gasteiger partial charge is 0.465 e. The molecule has 1 rings (SSSR count). The maximum Gasteiger partial charge on any atom is 0.411 e. The van der Waals surface area contributed by atoms with Gasteiger partial charge in [-0.05, 0) is 18.6 Å². The smallest absolute Gasteiger partial charge is 0.411 e. The van der Waals surface area contributed by atoms with Gasteiger partial charge in [-0.25, -0.2) is 4.79 Å². The van der Waals surface area contributed by atoms with Crippen LogP contribution in [-0.4, -0.2) is 31.0 Å². The Morgan fingerprint density at radius 1 is 1.29 bits per heavy atom. The van der Waals surface area contributed by atoms with Gasteiger partial charge < -0.3 is 9.84 Å². The van der Waals surface area contributed by atoms with Gasteiger partial charge in [0.1, 0.15) is 0 Å². The van der Waals surface area contributed by atoms with Crippen molar-refractivity contribution in [2.24, 2.45) is 0 Å². The van der Waals surface area contributed by atoms with Gasteiger partial charge in [-0.3, -0.25) is 4.90 Å². The van der Waals surface area contributed by atoms with Gasteiger partial charge in [0.05, 0.1) is 13.2 Å². The molecule has 4 heteroatoms. The summed E-state index contributed by atoms with van der Waals surface area (Å²) in [7, 11) is 0. The number of benzene rings is 1. The summed E-state index contributed by atoms with van der Waals surface area (Å²) < 4.78 is 5.37. The molecule has 0 aliphatic carbocycles. The fourth-order valence-electron chi connectivity index (χ4n) is 1.45. The molecule has 0 heterocycles. The molecule has 0 spiro atoms. The van der Waals surface area contributed by atoms with Crippen LogP contribution in [0.15, 0.2) is 30.3 Å². The number of nitrogens with zero attached hydrogens (tertiary/aromatic N) is 1. The van der Waals surface area contributed by atoms with Gasteiger partial charge in [-0.2, -0.15) is 0 Å². The number of hydrogen-bond acceptors (Lipinski definition) is 2. The second-order valence-electron chi connectivity index (χ2n) is 3.74. The lowest BCUT2D eigenvalue weighted by Gasteiger charge is -2.19. The normalized spacial score (nSPS) is 10.2. The first-order valence-corrected chi connectivity index (χ1v) is 5.89. The number of unbranched alkanes of at least 4 members (excludes halogenated alkanes) is 1. The van der Waals surface area contributed by atoms with E-state index in [9.17, 15) is 4.79 Å². The lowest BCUT2D eigenvalue weighted by Crippen LogP contribution is -2.32. The average Bonchev–Trinajstić information content (AvgIpc) is 2.34. The molecular formula is C13H19NO3. The molecule has 1 aromatic carbocycles. The molecule has 0 fully saturated rings. The van der Waals surface area contributed by atoms with E-state index < -0.39 is 6.09 Å². The number of para-hydroxylation sites is 1. The number of carboxylic acid groups (broad SMARTS) is 1. The summed E-state index contributed by atoms with van der Waals surface area (Å²) in [6.45, 7) is 3.58. The Labute approximate surface area is 102 Å². The van der Waals surface area contributed by atoms with E-state index in [2.05, 4.69) is 6.92 Å². The summed E-state index contributed by atoms with van der Waals surface area (Å²) in [4.78, 5) is 12.4. The molecule has 0 radical (unpaired) electrons. The lowest BCUT2D eigenvalue weighted by atomic mass is 10.3. The van der Waals surface area contributed by atoms with Crippen LogP contribution in [0.25, 0.3) is 0 Å². The van der Waals surface area contributed by atoms with Crippen LogP contribution < -0.4 is 4.90 Å². The number of hydrogen-bond donors (Lipinski definition) is 1. The zero-order valence-corrected chi connectivity index (χ0v) is 10.1. The van der Waals surface area contributed by atoms with Crippen molar-refractivity contribution in [2.75, 3.05) is 24.7 Å². The monoisotopic (exact) mass is 237 g/mol. The summed E-state index contributed by atoms with van der Waals surface area (Å²) in [6.07, 6.45) is 1.15. The summed E-state index contributed by atoms with van der Waals surface area (Å²) in [5.74, 6) is 0. The van der Waals surface area contributed by atoms with E-state index in [4.69, 9.17) is 9.84 Å². The second-order valence-corrected chi connectivity index (χ2v) is 3.74. The first kappa shape index (κ1) is 13.5. The first-order chi connectivity index (χ1) is 8.25.